The number of thiazole rings is 1. The highest BCUT2D eigenvalue weighted by Gasteiger charge is 2.45. The molecule has 454 valence electrons. The van der Waals surface area contributed by atoms with Crippen molar-refractivity contribution in [1.29, 1.82) is 0 Å². The molecule has 2 amide bonds. The third-order valence-electron chi connectivity index (χ3n) is 18.4. The highest BCUT2D eigenvalue weighted by Crippen LogP contribution is 2.41. The van der Waals surface area contributed by atoms with E-state index in [1.54, 1.807) is 29.0 Å². The van der Waals surface area contributed by atoms with Gasteiger partial charge in [0.25, 0.3) is 0 Å². The number of nitrogens with two attached hydrogens (primary N) is 1. The first-order valence-corrected chi connectivity index (χ1v) is 31.7. The summed E-state index contributed by atoms with van der Waals surface area (Å²) in [6, 6.07) is 22.7. The number of carbonyl (C=O) groups excluding carboxylic acids is 2. The monoisotopic (exact) mass is 1190 g/mol. The topological polar surface area (TPSA) is 228 Å². The van der Waals surface area contributed by atoms with Gasteiger partial charge in [-0.15, -0.1) is 21.5 Å². The van der Waals surface area contributed by atoms with Crippen LogP contribution in [0.15, 0.2) is 89.0 Å². The van der Waals surface area contributed by atoms with E-state index >= 15 is 0 Å². The van der Waals surface area contributed by atoms with E-state index in [9.17, 15) is 19.8 Å². The molecular formula is C65H81N13O7S. The molecule has 1 aliphatic carbocycles. The van der Waals surface area contributed by atoms with Gasteiger partial charge in [0, 0.05) is 113 Å². The number of aromatic nitrogens is 5. The van der Waals surface area contributed by atoms with Crippen molar-refractivity contribution in [3.63, 3.8) is 0 Å². The van der Waals surface area contributed by atoms with Crippen LogP contribution in [0.3, 0.4) is 0 Å². The molecule has 2 aromatic carbocycles. The number of nitrogens with one attached hydrogen (secondary N) is 1. The summed E-state index contributed by atoms with van der Waals surface area (Å²) < 4.78 is 19.1. The number of anilines is 4. The Labute approximate surface area is 508 Å². The quantitative estimate of drug-likeness (QED) is 0.0608. The average molecular weight is 1190 g/mol. The molecule has 4 aromatic heterocycles. The van der Waals surface area contributed by atoms with Crippen molar-refractivity contribution in [3.8, 4) is 45.2 Å². The van der Waals surface area contributed by atoms with Gasteiger partial charge in [-0.3, -0.25) is 14.5 Å². The van der Waals surface area contributed by atoms with Gasteiger partial charge in [-0.1, -0.05) is 61.3 Å². The number of rotatable bonds is 18. The number of phenolic OH excluding ortho intramolecular Hbond substituents is 1. The van der Waals surface area contributed by atoms with Crippen LogP contribution < -0.4 is 30.5 Å². The molecule has 12 rings (SSSR count). The Bertz CT molecular complexity index is 3370. The minimum absolute atomic E-state index is 0.0710. The zero-order chi connectivity index (χ0) is 59.6. The molecule has 86 heavy (non-hydrogen) atoms. The van der Waals surface area contributed by atoms with E-state index in [0.29, 0.717) is 53.3 Å². The van der Waals surface area contributed by atoms with Crippen molar-refractivity contribution in [1.82, 2.24) is 45.3 Å². The molecule has 21 heteroatoms. The maximum atomic E-state index is 14.5. The Hall–Kier alpha value is -7.35. The second-order valence-electron chi connectivity index (χ2n) is 25.1. The third-order valence-corrected chi connectivity index (χ3v) is 19.2. The molecule has 5 aliphatic heterocycles. The number of aliphatic hydroxyl groups excluding tert-OH is 1. The van der Waals surface area contributed by atoms with Crippen molar-refractivity contribution < 1.29 is 33.8 Å². The van der Waals surface area contributed by atoms with Crippen molar-refractivity contribution in [3.05, 3.63) is 102 Å². The first kappa shape index (κ1) is 59.0. The van der Waals surface area contributed by atoms with Gasteiger partial charge in [0.05, 0.1) is 52.7 Å². The molecule has 6 aliphatic rings. The highest BCUT2D eigenvalue weighted by atomic mass is 32.1. The van der Waals surface area contributed by atoms with E-state index in [4.69, 9.17) is 19.7 Å². The molecule has 2 unspecified atom stereocenters. The number of ether oxygens (including phenoxy) is 2. The van der Waals surface area contributed by atoms with Crippen molar-refractivity contribution in [2.24, 2.45) is 11.8 Å². The molecule has 6 atom stereocenters. The molecule has 2 bridgehead atoms. The Balaban J connectivity index is 0.563. The second-order valence-corrected chi connectivity index (χ2v) is 25.9. The van der Waals surface area contributed by atoms with Gasteiger partial charge in [0.15, 0.2) is 17.4 Å². The number of aromatic hydroxyl groups is 1. The van der Waals surface area contributed by atoms with Gasteiger partial charge in [0.1, 0.15) is 29.5 Å². The minimum atomic E-state index is -0.823. The number of β-amino-alcohol motifs (C(OH)–C–C–N with tert-alkyl or cyclic N) is 1. The number of phenols is 1. The van der Waals surface area contributed by atoms with Gasteiger partial charge < -0.3 is 59.8 Å². The van der Waals surface area contributed by atoms with Crippen LogP contribution in [-0.2, 0) is 14.3 Å². The van der Waals surface area contributed by atoms with Crippen molar-refractivity contribution in [2.45, 2.75) is 133 Å². The number of piperidine rings is 2. The van der Waals surface area contributed by atoms with E-state index in [-0.39, 0.29) is 60.8 Å². The van der Waals surface area contributed by atoms with E-state index < -0.39 is 18.1 Å². The maximum absolute atomic E-state index is 14.5. The number of hydrogen-bond acceptors (Lipinski definition) is 19. The van der Waals surface area contributed by atoms with E-state index in [0.717, 1.165) is 136 Å². The Morgan fingerprint density at radius 3 is 2.35 bits per heavy atom. The third kappa shape index (κ3) is 13.1. The summed E-state index contributed by atoms with van der Waals surface area (Å²) in [6.07, 6.45) is 9.76. The number of amides is 2. The van der Waals surface area contributed by atoms with E-state index in [1.165, 1.54) is 4.90 Å². The number of nitrogen functional groups attached to an aromatic ring is 1. The van der Waals surface area contributed by atoms with Crippen molar-refractivity contribution in [2.75, 3.05) is 93.4 Å². The summed E-state index contributed by atoms with van der Waals surface area (Å²) in [5.41, 5.74) is 14.1. The van der Waals surface area contributed by atoms with Crippen LogP contribution in [0.1, 0.15) is 108 Å². The van der Waals surface area contributed by atoms with Crippen LogP contribution >= 0.6 is 11.3 Å². The fourth-order valence-corrected chi connectivity index (χ4v) is 14.4. The predicted molar refractivity (Wildman–Crippen MR) is 332 cm³/mol. The fraction of sp³-hybridized carbons (Fsp3) is 0.523. The van der Waals surface area contributed by atoms with Gasteiger partial charge in [-0.25, -0.2) is 9.97 Å². The maximum Gasteiger partial charge on any atom is 0.243 e. The van der Waals surface area contributed by atoms with Crippen LogP contribution in [0.5, 0.6) is 11.6 Å². The number of piperazine rings is 1. The molecule has 5 saturated heterocycles. The van der Waals surface area contributed by atoms with E-state index in [1.807, 2.05) is 94.5 Å². The van der Waals surface area contributed by atoms with Crippen molar-refractivity contribution >= 4 is 46.2 Å². The number of pyridine rings is 1. The smallest absolute Gasteiger partial charge is 0.243 e. The number of aliphatic hydroxyl groups is 1. The first-order chi connectivity index (χ1) is 41.7. The SMILES string of the molecule is CC(C)[C@@H](C(=O)N1C[C@H](O)C[C@H]1C(=O)N[C@@H](C)c1ccc(-c2scnc2C#CCN(C)C)cc1)c1cc(N2CCC(CN3CCC(OC4CC(Oc5cc(N6C7CCC6CN(c6cc(-c8ccccc8O)nnc6N)C7)ccn5)C4)CC3)CC2)no1. The Morgan fingerprint density at radius 2 is 1.62 bits per heavy atom. The summed E-state index contributed by atoms with van der Waals surface area (Å²) in [7, 11) is 3.96. The lowest BCUT2D eigenvalue weighted by Gasteiger charge is -2.43. The zero-order valence-corrected chi connectivity index (χ0v) is 50.8. The lowest BCUT2D eigenvalue weighted by molar-refractivity contribution is -0.141. The molecule has 6 aromatic rings. The number of nitrogens with zero attached hydrogens (tertiary/aromatic N) is 11. The average Bonchev–Trinajstić information content (AvgIpc) is 2.57. The van der Waals surface area contributed by atoms with Gasteiger partial charge in [-0.2, -0.15) is 0 Å². The predicted octanol–water partition coefficient (Wildman–Crippen LogP) is 7.59. The lowest BCUT2D eigenvalue weighted by Crippen LogP contribution is -2.54. The standard InChI is InChI=1S/C65H81N13O7S/c1-40(2)61(65(82)77-38-48(79)30-56(77)64(81)69-41(3)43-12-14-44(15-13-43)62-53(68-39-86-62)10-8-24-73(4)5)58-34-59(72-85-58)75-27-19-42(20-28-75)35-74-25-21-49(22-26-74)83-50-31-51(32-50)84-60-29-45(18-23-67-60)78-46-16-17-47(78)37-76(36-46)55-33-54(70-71-63(55)66)52-9-6-7-11-57(52)80/h6-7,9,11-15,18,23,29,33-34,39-42,46-51,56,61,79-80H,16-17,19-22,24-28,30-32,35-38H2,1-5H3,(H2,66,71)(H,69,81)/t41-,46?,47?,48+,50?,51?,56-,61+/m0/s1. The molecule has 0 spiro atoms. The number of fused-ring (bicyclic) bond motifs is 2. The first-order valence-electron chi connectivity index (χ1n) is 30.8. The van der Waals surface area contributed by atoms with Crippen LogP contribution in [0.4, 0.5) is 23.0 Å². The summed E-state index contributed by atoms with van der Waals surface area (Å²) in [4.78, 5) is 51.8. The molecule has 5 N–H and O–H groups in total. The number of carbonyl (C=O) groups is 2. The van der Waals surface area contributed by atoms with Gasteiger partial charge in [-0.05, 0) is 113 Å². The van der Waals surface area contributed by atoms with Crippen LogP contribution in [0.2, 0.25) is 0 Å². The highest BCUT2D eigenvalue weighted by molar-refractivity contribution is 7.13. The molecule has 6 fully saturated rings. The Morgan fingerprint density at radius 1 is 0.860 bits per heavy atom. The number of benzene rings is 2. The number of para-hydroxylation sites is 1. The number of likely N-dealkylation sites (tertiary alicyclic amines) is 2. The molecule has 20 nitrogen and oxygen atoms in total. The summed E-state index contributed by atoms with van der Waals surface area (Å²) in [6.45, 7) is 13.0. The number of hydrogen-bond donors (Lipinski definition) is 4. The normalized spacial score (nSPS) is 23.5. The van der Waals surface area contributed by atoms with Gasteiger partial charge >= 0.3 is 0 Å². The molecule has 9 heterocycles. The second kappa shape index (κ2) is 25.9. The summed E-state index contributed by atoms with van der Waals surface area (Å²) >= 11 is 1.54. The summed E-state index contributed by atoms with van der Waals surface area (Å²) in [5, 5.41) is 37.6. The largest absolute Gasteiger partial charge is 0.507 e. The van der Waals surface area contributed by atoms with Crippen LogP contribution in [0.25, 0.3) is 21.7 Å². The summed E-state index contributed by atoms with van der Waals surface area (Å²) in [5.74, 6) is 7.99. The fourth-order valence-electron chi connectivity index (χ4n) is 13.6. The van der Waals surface area contributed by atoms with Gasteiger partial charge in [0.2, 0.25) is 17.7 Å². The molecular weight excluding hydrogens is 1110 g/mol. The minimum Gasteiger partial charge on any atom is -0.507 e. The zero-order valence-electron chi connectivity index (χ0n) is 50.0. The lowest BCUT2D eigenvalue weighted by atomic mass is 9.91. The Kier molecular flexibility index (Phi) is 17.8. The molecule has 0 radical (unpaired) electrons. The van der Waals surface area contributed by atoms with E-state index in [2.05, 4.69) is 74.2 Å². The molecule has 1 saturated carbocycles. The van der Waals surface area contributed by atoms with Crippen LogP contribution in [-0.4, -0.2) is 178 Å². The van der Waals surface area contributed by atoms with Crippen LogP contribution in [0, 0.1) is 23.7 Å².